The van der Waals surface area contributed by atoms with Gasteiger partial charge in [-0.3, -0.25) is 4.57 Å². The molecule has 0 aliphatic carbocycles. The van der Waals surface area contributed by atoms with Crippen LogP contribution in [0.1, 0.15) is 6.23 Å². The fourth-order valence-corrected chi connectivity index (χ4v) is 5.00. The highest BCUT2D eigenvalue weighted by atomic mass is 35.6. The van der Waals surface area contributed by atoms with Crippen LogP contribution in [0.4, 0.5) is 5.82 Å². The molecule has 1 saturated heterocycles. The van der Waals surface area contributed by atoms with Crippen molar-refractivity contribution < 1.29 is 14.9 Å². The number of aliphatic hydroxyl groups is 2. The molecule has 12 heteroatoms. The van der Waals surface area contributed by atoms with Crippen molar-refractivity contribution in [3.05, 3.63) is 22.7 Å². The average Bonchev–Trinajstić information content (AvgIpc) is 2.72. The maximum atomic E-state index is 11.9. The Bertz CT molecular complexity index is 585. The molecule has 0 spiro atoms. The van der Waals surface area contributed by atoms with Gasteiger partial charge >= 0.3 is 5.69 Å². The largest absolute Gasteiger partial charge is 0.394 e. The molecular formula is C10H12Cl3N3O4S2. The maximum absolute atomic E-state index is 11.9. The summed E-state index contributed by atoms with van der Waals surface area (Å²) in [6.07, 6.45) is -1.39. The van der Waals surface area contributed by atoms with E-state index in [2.05, 4.69) is 4.98 Å². The summed E-state index contributed by atoms with van der Waals surface area (Å²) in [4.78, 5) is 15.5. The van der Waals surface area contributed by atoms with Crippen LogP contribution >= 0.6 is 56.4 Å². The Morgan fingerprint density at radius 1 is 1.50 bits per heavy atom. The maximum Gasteiger partial charge on any atom is 0.351 e. The van der Waals surface area contributed by atoms with Crippen molar-refractivity contribution in [1.29, 1.82) is 0 Å². The van der Waals surface area contributed by atoms with Crippen molar-refractivity contribution in [3.63, 3.8) is 0 Å². The van der Waals surface area contributed by atoms with Gasteiger partial charge in [-0.1, -0.05) is 45.6 Å². The summed E-state index contributed by atoms with van der Waals surface area (Å²) in [5, 5.41) is 18.8. The first-order valence-electron chi connectivity index (χ1n) is 5.93. The van der Waals surface area contributed by atoms with Gasteiger partial charge in [-0.25, -0.2) is 4.79 Å². The molecule has 1 aliphatic rings. The number of nitrogens with two attached hydrogens (primary N) is 1. The third kappa shape index (κ3) is 4.35. The lowest BCUT2D eigenvalue weighted by Crippen LogP contribution is -2.34. The van der Waals surface area contributed by atoms with E-state index in [-0.39, 0.29) is 5.82 Å². The van der Waals surface area contributed by atoms with E-state index < -0.39 is 39.1 Å². The average molecular weight is 409 g/mol. The van der Waals surface area contributed by atoms with E-state index in [1.165, 1.54) is 16.8 Å². The number of aliphatic hydroxyl groups excluding tert-OH is 2. The Kier molecular flexibility index (Phi) is 6.17. The topological polar surface area (TPSA) is 111 Å². The molecular weight excluding hydrogens is 397 g/mol. The minimum absolute atomic E-state index is 0.0679. The summed E-state index contributed by atoms with van der Waals surface area (Å²) in [6, 6.07) is 1.42. The predicted molar refractivity (Wildman–Crippen MR) is 89.2 cm³/mol. The smallest absolute Gasteiger partial charge is 0.351 e. The van der Waals surface area contributed by atoms with Crippen LogP contribution in [-0.2, 0) is 4.74 Å². The van der Waals surface area contributed by atoms with E-state index in [1.807, 2.05) is 0 Å². The second-order valence-corrected chi connectivity index (χ2v) is 9.92. The van der Waals surface area contributed by atoms with Crippen LogP contribution in [0.25, 0.3) is 0 Å². The molecule has 1 fully saturated rings. The fraction of sp³-hybridized carbons (Fsp3) is 0.600. The summed E-state index contributed by atoms with van der Waals surface area (Å²) in [5.41, 5.74) is 4.80. The van der Waals surface area contributed by atoms with Crippen LogP contribution in [-0.4, -0.2) is 47.0 Å². The summed E-state index contributed by atoms with van der Waals surface area (Å²) in [5.74, 6) is 0.0679. The Hall–Kier alpha value is 0.130. The number of alkyl halides is 3. The Labute approximate surface area is 148 Å². The molecule has 1 unspecified atom stereocenters. The van der Waals surface area contributed by atoms with Gasteiger partial charge in [0.05, 0.1) is 18.0 Å². The number of anilines is 1. The van der Waals surface area contributed by atoms with Crippen LogP contribution < -0.4 is 11.4 Å². The number of nitrogen functional groups attached to an aromatic ring is 1. The SMILES string of the molecule is Nc1ccn([C@@H]2O[C@H](CO)[C@H](O)C2SSC(Cl)(Cl)Cl)c(=O)n1. The molecule has 1 aromatic heterocycles. The quantitative estimate of drug-likeness (QED) is 0.503. The van der Waals surface area contributed by atoms with E-state index in [0.717, 1.165) is 21.6 Å². The van der Waals surface area contributed by atoms with Gasteiger partial charge in [0.1, 0.15) is 11.9 Å². The molecule has 1 aliphatic heterocycles. The van der Waals surface area contributed by atoms with Crippen LogP contribution in [0.3, 0.4) is 0 Å². The highest BCUT2D eigenvalue weighted by Crippen LogP contribution is 2.51. The molecule has 0 saturated carbocycles. The minimum atomic E-state index is -1.60. The van der Waals surface area contributed by atoms with Crippen molar-refractivity contribution in [2.75, 3.05) is 12.3 Å². The zero-order valence-electron chi connectivity index (χ0n) is 10.8. The normalized spacial score (nSPS) is 29.0. The van der Waals surface area contributed by atoms with Crippen LogP contribution in [0.5, 0.6) is 0 Å². The van der Waals surface area contributed by atoms with Gasteiger partial charge in [0, 0.05) is 6.20 Å². The third-order valence-corrected chi connectivity index (χ3v) is 7.11. The standard InChI is InChI=1S/C10H12Cl3N3O4S2/c11-10(12,13)22-21-7-6(18)4(3-17)20-8(7)16-2-1-5(14)15-9(16)19/h1-2,4,6-8,17-18H,3H2,(H2,14,15,19)/t4-,6+,7?,8-/m1/s1. The zero-order valence-corrected chi connectivity index (χ0v) is 14.7. The molecule has 2 heterocycles. The van der Waals surface area contributed by atoms with Gasteiger partial charge in [-0.2, -0.15) is 4.98 Å². The van der Waals surface area contributed by atoms with Crippen molar-refractivity contribution in [3.8, 4) is 0 Å². The third-order valence-electron chi connectivity index (χ3n) is 2.87. The van der Waals surface area contributed by atoms with Crippen molar-refractivity contribution in [1.82, 2.24) is 9.55 Å². The molecule has 4 N–H and O–H groups in total. The van der Waals surface area contributed by atoms with Gasteiger partial charge in [0.25, 0.3) is 0 Å². The van der Waals surface area contributed by atoms with E-state index in [4.69, 9.17) is 45.3 Å². The lowest BCUT2D eigenvalue weighted by atomic mass is 10.2. The molecule has 7 nitrogen and oxygen atoms in total. The number of aromatic nitrogens is 2. The summed E-state index contributed by atoms with van der Waals surface area (Å²) < 4.78 is 5.10. The summed E-state index contributed by atoms with van der Waals surface area (Å²) >= 11 is 17.0. The number of hydrogen-bond acceptors (Lipinski definition) is 8. The monoisotopic (exact) mass is 407 g/mol. The molecule has 2 rings (SSSR count). The lowest BCUT2D eigenvalue weighted by Gasteiger charge is -2.22. The number of halogens is 3. The van der Waals surface area contributed by atoms with Gasteiger partial charge in [0.2, 0.25) is 3.12 Å². The first-order valence-corrected chi connectivity index (χ1v) is 9.28. The molecule has 0 bridgehead atoms. The fourth-order valence-electron chi connectivity index (χ4n) is 1.93. The van der Waals surface area contributed by atoms with E-state index >= 15 is 0 Å². The van der Waals surface area contributed by atoms with Crippen LogP contribution in [0.15, 0.2) is 17.1 Å². The Balaban J connectivity index is 2.27. The highest BCUT2D eigenvalue weighted by Gasteiger charge is 2.46. The Morgan fingerprint density at radius 3 is 2.73 bits per heavy atom. The minimum Gasteiger partial charge on any atom is -0.394 e. The molecule has 1 aromatic rings. The zero-order chi connectivity index (χ0) is 16.5. The number of rotatable bonds is 4. The summed E-state index contributed by atoms with van der Waals surface area (Å²) in [7, 11) is 1.94. The van der Waals surface area contributed by atoms with Crippen molar-refractivity contribution in [2.45, 2.75) is 26.8 Å². The summed E-state index contributed by atoms with van der Waals surface area (Å²) in [6.45, 7) is -0.412. The Morgan fingerprint density at radius 2 is 2.18 bits per heavy atom. The van der Waals surface area contributed by atoms with Crippen molar-refractivity contribution >= 4 is 62.2 Å². The molecule has 0 aromatic carbocycles. The van der Waals surface area contributed by atoms with Crippen molar-refractivity contribution in [2.24, 2.45) is 0 Å². The molecule has 124 valence electrons. The van der Waals surface area contributed by atoms with Gasteiger partial charge in [-0.15, -0.1) is 0 Å². The highest BCUT2D eigenvalue weighted by molar-refractivity contribution is 8.78. The number of ether oxygens (including phenoxy) is 1. The van der Waals surface area contributed by atoms with Gasteiger partial charge < -0.3 is 20.7 Å². The molecule has 0 radical (unpaired) electrons. The van der Waals surface area contributed by atoms with E-state index in [9.17, 15) is 15.0 Å². The van der Waals surface area contributed by atoms with E-state index in [0.29, 0.717) is 0 Å². The molecule has 22 heavy (non-hydrogen) atoms. The second kappa shape index (κ2) is 7.35. The first kappa shape index (κ1) is 18.5. The van der Waals surface area contributed by atoms with Gasteiger partial charge in [-0.05, 0) is 16.9 Å². The predicted octanol–water partition coefficient (Wildman–Crippen LogP) is 1.15. The van der Waals surface area contributed by atoms with Crippen LogP contribution in [0, 0.1) is 0 Å². The molecule has 0 amide bonds. The first-order chi connectivity index (χ1) is 10.2. The van der Waals surface area contributed by atoms with Crippen LogP contribution in [0.2, 0.25) is 0 Å². The number of nitrogens with zero attached hydrogens (tertiary/aromatic N) is 2. The molecule has 4 atom stereocenters. The van der Waals surface area contributed by atoms with Gasteiger partial charge in [0.15, 0.2) is 6.23 Å². The van der Waals surface area contributed by atoms with E-state index in [1.54, 1.807) is 0 Å². The second-order valence-electron chi connectivity index (χ2n) is 4.37. The lowest BCUT2D eigenvalue weighted by molar-refractivity contribution is -0.0456. The number of hydrogen-bond donors (Lipinski definition) is 3.